The summed E-state index contributed by atoms with van der Waals surface area (Å²) in [6.07, 6.45) is 18.6. The van der Waals surface area contributed by atoms with Gasteiger partial charge in [0.25, 0.3) is 0 Å². The lowest BCUT2D eigenvalue weighted by Gasteiger charge is -2.02. The van der Waals surface area contributed by atoms with Gasteiger partial charge in [-0.15, -0.1) is 0 Å². The molecule has 0 rings (SSSR count). The van der Waals surface area contributed by atoms with Crippen LogP contribution in [0.5, 0.6) is 0 Å². The van der Waals surface area contributed by atoms with Crippen molar-refractivity contribution in [3.05, 3.63) is 10.6 Å². The predicted octanol–water partition coefficient (Wildman–Crippen LogP) is 6.83. The molecule has 124 valence electrons. The second kappa shape index (κ2) is 16.1. The quantitative estimate of drug-likeness (QED) is 0.325. The first kappa shape index (κ1) is 20.7. The van der Waals surface area contributed by atoms with Crippen molar-refractivity contribution >= 4 is 21.9 Å². The van der Waals surface area contributed by atoms with Crippen molar-refractivity contribution in [2.45, 2.75) is 96.8 Å². The van der Waals surface area contributed by atoms with Crippen molar-refractivity contribution in [1.82, 2.24) is 0 Å². The Morgan fingerprint density at radius 3 is 2.00 bits per heavy atom. The zero-order valence-corrected chi connectivity index (χ0v) is 15.3. The maximum absolute atomic E-state index is 10.4. The molecule has 0 aromatic carbocycles. The van der Waals surface area contributed by atoms with Gasteiger partial charge in [-0.05, 0) is 36.6 Å². The smallest absolute Gasteiger partial charge is 0.303 e. The molecule has 0 fully saturated rings. The zero-order valence-electron chi connectivity index (χ0n) is 13.7. The van der Waals surface area contributed by atoms with Crippen molar-refractivity contribution in [3.8, 4) is 0 Å². The second-order valence-electron chi connectivity index (χ2n) is 5.87. The minimum absolute atomic E-state index is 0.321. The molecule has 0 amide bonds. The molecule has 0 aromatic heterocycles. The number of aliphatic carboxylic acids is 1. The normalized spacial score (nSPS) is 11.8. The standard InChI is InChI=1S/C18H33BrO2/c1-2-3-4-5-6-8-11-14-17(19)15-12-9-7-10-13-16-18(20)21/h14H,2-13,15-16H2,1H3,(H,20,21). The van der Waals surface area contributed by atoms with Crippen molar-refractivity contribution in [3.63, 3.8) is 0 Å². The van der Waals surface area contributed by atoms with Crippen LogP contribution in [0.25, 0.3) is 0 Å². The Labute approximate surface area is 139 Å². The van der Waals surface area contributed by atoms with Gasteiger partial charge in [0.05, 0.1) is 0 Å². The maximum atomic E-state index is 10.4. The van der Waals surface area contributed by atoms with E-state index in [9.17, 15) is 4.79 Å². The third-order valence-corrected chi connectivity index (χ3v) is 4.45. The van der Waals surface area contributed by atoms with Crippen LogP contribution in [0.1, 0.15) is 96.8 Å². The number of halogens is 1. The van der Waals surface area contributed by atoms with Crippen LogP contribution < -0.4 is 0 Å². The summed E-state index contributed by atoms with van der Waals surface area (Å²) in [7, 11) is 0. The Morgan fingerprint density at radius 1 is 0.857 bits per heavy atom. The molecular weight excluding hydrogens is 328 g/mol. The first-order valence-corrected chi connectivity index (χ1v) is 9.52. The molecule has 0 aromatic rings. The van der Waals surface area contributed by atoms with Crippen molar-refractivity contribution < 1.29 is 9.90 Å². The number of hydrogen-bond acceptors (Lipinski definition) is 1. The molecule has 0 unspecified atom stereocenters. The average molecular weight is 361 g/mol. The van der Waals surface area contributed by atoms with Gasteiger partial charge in [0.2, 0.25) is 0 Å². The first-order chi connectivity index (χ1) is 10.2. The van der Waals surface area contributed by atoms with Crippen molar-refractivity contribution in [2.24, 2.45) is 0 Å². The fraction of sp³-hybridized carbons (Fsp3) is 0.833. The Bertz CT molecular complexity index is 274. The van der Waals surface area contributed by atoms with Crippen LogP contribution in [0.15, 0.2) is 10.6 Å². The topological polar surface area (TPSA) is 37.3 Å². The Hall–Kier alpha value is -0.310. The number of carboxylic acid groups (broad SMARTS) is 1. The van der Waals surface area contributed by atoms with E-state index >= 15 is 0 Å². The minimum atomic E-state index is -0.671. The Morgan fingerprint density at radius 2 is 1.38 bits per heavy atom. The summed E-state index contributed by atoms with van der Waals surface area (Å²) in [5.74, 6) is -0.671. The Balaban J connectivity index is 3.30. The lowest BCUT2D eigenvalue weighted by molar-refractivity contribution is -0.137. The van der Waals surface area contributed by atoms with Gasteiger partial charge in [0.15, 0.2) is 0 Å². The van der Waals surface area contributed by atoms with Gasteiger partial charge >= 0.3 is 5.97 Å². The summed E-state index contributed by atoms with van der Waals surface area (Å²) < 4.78 is 1.35. The molecule has 0 saturated heterocycles. The zero-order chi connectivity index (χ0) is 15.8. The molecule has 2 nitrogen and oxygen atoms in total. The van der Waals surface area contributed by atoms with E-state index < -0.39 is 5.97 Å². The fourth-order valence-electron chi connectivity index (χ4n) is 2.39. The van der Waals surface area contributed by atoms with E-state index in [1.807, 2.05) is 0 Å². The van der Waals surface area contributed by atoms with Gasteiger partial charge in [-0.25, -0.2) is 0 Å². The average Bonchev–Trinajstić information content (AvgIpc) is 2.45. The number of carbonyl (C=O) groups is 1. The highest BCUT2D eigenvalue weighted by Crippen LogP contribution is 2.18. The van der Waals surface area contributed by atoms with Crippen LogP contribution >= 0.6 is 15.9 Å². The molecule has 0 atom stereocenters. The number of unbranched alkanes of at least 4 members (excludes halogenated alkanes) is 10. The number of rotatable bonds is 15. The fourth-order valence-corrected chi connectivity index (χ4v) is 2.90. The Kier molecular flexibility index (Phi) is 15.8. The maximum Gasteiger partial charge on any atom is 0.303 e. The van der Waals surface area contributed by atoms with Gasteiger partial charge in [-0.3, -0.25) is 4.79 Å². The molecule has 1 N–H and O–H groups in total. The highest BCUT2D eigenvalue weighted by molar-refractivity contribution is 9.11. The number of hydrogen-bond donors (Lipinski definition) is 1. The van der Waals surface area contributed by atoms with Crippen LogP contribution in [0.4, 0.5) is 0 Å². The first-order valence-electron chi connectivity index (χ1n) is 8.73. The highest BCUT2D eigenvalue weighted by Gasteiger charge is 1.97. The van der Waals surface area contributed by atoms with Crippen LogP contribution in [-0.4, -0.2) is 11.1 Å². The molecule has 0 heterocycles. The summed E-state index contributed by atoms with van der Waals surface area (Å²) in [6, 6.07) is 0. The van der Waals surface area contributed by atoms with Crippen molar-refractivity contribution in [1.29, 1.82) is 0 Å². The molecule has 0 aliphatic carbocycles. The van der Waals surface area contributed by atoms with E-state index in [1.54, 1.807) is 0 Å². The number of carboxylic acids is 1. The van der Waals surface area contributed by atoms with Crippen LogP contribution in [0, 0.1) is 0 Å². The van der Waals surface area contributed by atoms with E-state index in [1.165, 1.54) is 62.3 Å². The third-order valence-electron chi connectivity index (χ3n) is 3.73. The molecule has 0 saturated carbocycles. The van der Waals surface area contributed by atoms with E-state index in [4.69, 9.17) is 5.11 Å². The van der Waals surface area contributed by atoms with Gasteiger partial charge < -0.3 is 5.11 Å². The summed E-state index contributed by atoms with van der Waals surface area (Å²) >= 11 is 3.66. The highest BCUT2D eigenvalue weighted by atomic mass is 79.9. The van der Waals surface area contributed by atoms with Gasteiger partial charge in [0.1, 0.15) is 0 Å². The van der Waals surface area contributed by atoms with Gasteiger partial charge in [-0.2, -0.15) is 0 Å². The van der Waals surface area contributed by atoms with Gasteiger partial charge in [-0.1, -0.05) is 80.3 Å². The lowest BCUT2D eigenvalue weighted by Crippen LogP contribution is -1.93. The van der Waals surface area contributed by atoms with E-state index in [-0.39, 0.29) is 0 Å². The molecular formula is C18H33BrO2. The van der Waals surface area contributed by atoms with Crippen LogP contribution in [0.2, 0.25) is 0 Å². The lowest BCUT2D eigenvalue weighted by atomic mass is 10.1. The minimum Gasteiger partial charge on any atom is -0.481 e. The van der Waals surface area contributed by atoms with Crippen LogP contribution in [-0.2, 0) is 4.79 Å². The van der Waals surface area contributed by atoms with Gasteiger partial charge in [0, 0.05) is 6.42 Å². The van der Waals surface area contributed by atoms with E-state index in [0.29, 0.717) is 6.42 Å². The van der Waals surface area contributed by atoms with Crippen LogP contribution in [0.3, 0.4) is 0 Å². The molecule has 0 aliphatic rings. The SMILES string of the molecule is CCCCCCCCC=C(Br)CCCCCCCC(=O)O. The molecule has 21 heavy (non-hydrogen) atoms. The summed E-state index contributed by atoms with van der Waals surface area (Å²) in [5.41, 5.74) is 0. The monoisotopic (exact) mass is 360 g/mol. The molecule has 0 spiro atoms. The second-order valence-corrected chi connectivity index (χ2v) is 6.89. The predicted molar refractivity (Wildman–Crippen MR) is 95.0 cm³/mol. The molecule has 3 heteroatoms. The molecule has 0 bridgehead atoms. The molecule has 0 aliphatic heterocycles. The molecule has 0 radical (unpaired) electrons. The third kappa shape index (κ3) is 17.6. The summed E-state index contributed by atoms with van der Waals surface area (Å²) in [6.45, 7) is 2.26. The van der Waals surface area contributed by atoms with E-state index in [0.717, 1.165) is 25.7 Å². The number of allylic oxidation sites excluding steroid dienone is 2. The van der Waals surface area contributed by atoms with Crippen molar-refractivity contribution in [2.75, 3.05) is 0 Å². The summed E-state index contributed by atoms with van der Waals surface area (Å²) in [5, 5.41) is 8.54. The largest absolute Gasteiger partial charge is 0.481 e. The summed E-state index contributed by atoms with van der Waals surface area (Å²) in [4.78, 5) is 10.4. The van der Waals surface area contributed by atoms with E-state index in [2.05, 4.69) is 28.9 Å².